The van der Waals surface area contributed by atoms with Crippen molar-refractivity contribution in [1.82, 2.24) is 0 Å². The Morgan fingerprint density at radius 1 is 0.344 bits per heavy atom. The van der Waals surface area contributed by atoms with Gasteiger partial charge in [-0.15, -0.1) is 11.3 Å². The predicted octanol–water partition coefficient (Wildman–Crippen LogP) is 17.2. The van der Waals surface area contributed by atoms with Gasteiger partial charge in [-0.3, -0.25) is 0 Å². The van der Waals surface area contributed by atoms with Gasteiger partial charge in [-0.2, -0.15) is 0 Å². The van der Waals surface area contributed by atoms with Crippen molar-refractivity contribution in [2.24, 2.45) is 0 Å². The van der Waals surface area contributed by atoms with E-state index in [0.29, 0.717) is 0 Å². The maximum atomic E-state index is 2.53. The normalized spacial score (nSPS) is 12.9. The summed E-state index contributed by atoms with van der Waals surface area (Å²) in [6.07, 6.45) is 0. The number of hydrogen-bond donors (Lipinski definition) is 0. The van der Waals surface area contributed by atoms with Crippen molar-refractivity contribution in [3.63, 3.8) is 0 Å². The molecule has 0 aliphatic heterocycles. The van der Waals surface area contributed by atoms with Gasteiger partial charge in [0.25, 0.3) is 0 Å². The molecular formula is C62H41NS. The van der Waals surface area contributed by atoms with Crippen LogP contribution in [-0.4, -0.2) is 0 Å². The number of anilines is 3. The van der Waals surface area contributed by atoms with E-state index in [-0.39, 0.29) is 0 Å². The molecule has 300 valence electrons. The fourth-order valence-electron chi connectivity index (χ4n) is 10.9. The van der Waals surface area contributed by atoms with Crippen molar-refractivity contribution < 1.29 is 0 Å². The first-order valence-electron chi connectivity index (χ1n) is 22.2. The highest BCUT2D eigenvalue weighted by atomic mass is 32.1. The van der Waals surface area contributed by atoms with E-state index in [1.807, 2.05) is 11.3 Å². The summed E-state index contributed by atoms with van der Waals surface area (Å²) in [5.41, 5.74) is 22.3. The van der Waals surface area contributed by atoms with Crippen LogP contribution < -0.4 is 4.90 Å². The van der Waals surface area contributed by atoms with Crippen molar-refractivity contribution in [3.8, 4) is 55.6 Å². The van der Waals surface area contributed by atoms with E-state index in [9.17, 15) is 0 Å². The van der Waals surface area contributed by atoms with Gasteiger partial charge < -0.3 is 4.90 Å². The highest BCUT2D eigenvalue weighted by Crippen LogP contribution is 2.63. The lowest BCUT2D eigenvalue weighted by Crippen LogP contribution is -2.25. The zero-order chi connectivity index (χ0) is 42.4. The molecule has 0 N–H and O–H groups in total. The average Bonchev–Trinajstić information content (AvgIpc) is 3.99. The van der Waals surface area contributed by atoms with Gasteiger partial charge >= 0.3 is 0 Å². The highest BCUT2D eigenvalue weighted by Gasteiger charge is 2.51. The van der Waals surface area contributed by atoms with Gasteiger partial charge in [-0.05, 0) is 139 Å². The van der Waals surface area contributed by atoms with Crippen molar-refractivity contribution in [2.75, 3.05) is 4.90 Å². The molecule has 0 saturated heterocycles. The van der Waals surface area contributed by atoms with Crippen LogP contribution in [0, 0.1) is 6.92 Å². The van der Waals surface area contributed by atoms with Crippen LogP contribution in [0.3, 0.4) is 0 Å². The summed E-state index contributed by atoms with van der Waals surface area (Å²) in [5, 5.41) is 2.60. The lowest BCUT2D eigenvalue weighted by molar-refractivity contribution is 0.794. The third-order valence-electron chi connectivity index (χ3n) is 13.8. The largest absolute Gasteiger partial charge is 0.310 e. The molecule has 10 aromatic carbocycles. The molecule has 0 bridgehead atoms. The fraction of sp³-hybridized carbons (Fsp3) is 0.0323. The smallest absolute Gasteiger partial charge is 0.0725 e. The SMILES string of the molecule is Cc1ccccc1N(c1ccc(-c2ccccc2)cc1)c1ccc(-c2cc(-c3ccc4c(c3)C3(c5ccccc5-c5ccccc53)c3ccccc3-4)c3sc4ccccc4c3c2)cc1. The number of thiophene rings is 1. The summed E-state index contributed by atoms with van der Waals surface area (Å²) in [7, 11) is 0. The molecule has 64 heavy (non-hydrogen) atoms. The number of benzene rings is 10. The minimum absolute atomic E-state index is 0.396. The van der Waals surface area contributed by atoms with Gasteiger partial charge in [0.2, 0.25) is 0 Å². The van der Waals surface area contributed by atoms with Crippen LogP contribution in [-0.2, 0) is 5.41 Å². The molecule has 1 heterocycles. The molecule has 0 amide bonds. The third-order valence-corrected chi connectivity index (χ3v) is 15.1. The van der Waals surface area contributed by atoms with Gasteiger partial charge in [0, 0.05) is 42.8 Å². The first kappa shape index (κ1) is 36.8. The van der Waals surface area contributed by atoms with Crippen molar-refractivity contribution in [3.05, 3.63) is 258 Å². The Morgan fingerprint density at radius 3 is 1.48 bits per heavy atom. The number of hydrogen-bond acceptors (Lipinski definition) is 2. The molecule has 0 radical (unpaired) electrons. The maximum Gasteiger partial charge on any atom is 0.0725 e. The van der Waals surface area contributed by atoms with Crippen LogP contribution in [0.25, 0.3) is 75.8 Å². The molecule has 1 aromatic heterocycles. The van der Waals surface area contributed by atoms with E-state index >= 15 is 0 Å². The molecule has 2 heteroatoms. The Bertz CT molecular complexity index is 3550. The summed E-state index contributed by atoms with van der Waals surface area (Å²) in [6.45, 7) is 2.20. The standard InChI is InChI=1S/C62H41NS/c1-40-15-5-13-25-59(40)63(46-32-27-42(28-33-46)41-16-3-2-4-17-41)47-34-29-43(30-35-47)45-37-53(61-54(38-45)52-21-9-14-26-60(52)64-61)44-31-36-51-50-20-8-12-24-57(50)62(58(51)39-44)55-22-10-6-18-48(55)49-19-7-11-23-56(49)62/h2-39H,1H3. The number of aryl methyl sites for hydroxylation is 1. The zero-order valence-corrected chi connectivity index (χ0v) is 36.1. The zero-order valence-electron chi connectivity index (χ0n) is 35.3. The topological polar surface area (TPSA) is 3.24 Å². The second-order valence-corrected chi connectivity index (χ2v) is 18.3. The second-order valence-electron chi connectivity index (χ2n) is 17.2. The Balaban J connectivity index is 0.970. The molecule has 11 aromatic rings. The monoisotopic (exact) mass is 831 g/mol. The molecular weight excluding hydrogens is 791 g/mol. The molecule has 1 nitrogen and oxygen atoms in total. The predicted molar refractivity (Wildman–Crippen MR) is 271 cm³/mol. The Kier molecular flexibility index (Phi) is 8.28. The lowest BCUT2D eigenvalue weighted by atomic mass is 9.70. The first-order chi connectivity index (χ1) is 31.6. The molecule has 2 aliphatic carbocycles. The Morgan fingerprint density at radius 2 is 0.844 bits per heavy atom. The van der Waals surface area contributed by atoms with Gasteiger partial charge in [0.05, 0.1) is 5.41 Å². The van der Waals surface area contributed by atoms with E-state index in [2.05, 4.69) is 242 Å². The fourth-order valence-corrected chi connectivity index (χ4v) is 12.2. The molecule has 13 rings (SSSR count). The quantitative estimate of drug-likeness (QED) is 0.161. The highest BCUT2D eigenvalue weighted by molar-refractivity contribution is 7.26. The summed E-state index contributed by atoms with van der Waals surface area (Å²) in [4.78, 5) is 2.38. The Labute approximate surface area is 377 Å². The van der Waals surface area contributed by atoms with E-state index < -0.39 is 5.41 Å². The number of rotatable bonds is 6. The van der Waals surface area contributed by atoms with E-state index in [0.717, 1.165) is 11.4 Å². The van der Waals surface area contributed by atoms with Gasteiger partial charge in [0.1, 0.15) is 0 Å². The van der Waals surface area contributed by atoms with Crippen molar-refractivity contribution >= 4 is 48.6 Å². The van der Waals surface area contributed by atoms with Crippen LogP contribution in [0.5, 0.6) is 0 Å². The lowest BCUT2D eigenvalue weighted by Gasteiger charge is -2.30. The van der Waals surface area contributed by atoms with Crippen LogP contribution in [0.2, 0.25) is 0 Å². The molecule has 0 saturated carbocycles. The van der Waals surface area contributed by atoms with E-state index in [4.69, 9.17) is 0 Å². The Hall–Kier alpha value is -7.78. The minimum atomic E-state index is -0.396. The molecule has 1 spiro atoms. The van der Waals surface area contributed by atoms with Gasteiger partial charge in [0.15, 0.2) is 0 Å². The van der Waals surface area contributed by atoms with Crippen LogP contribution in [0.1, 0.15) is 27.8 Å². The number of fused-ring (bicyclic) bond motifs is 13. The molecule has 0 unspecified atom stereocenters. The second kappa shape index (κ2) is 14.4. The minimum Gasteiger partial charge on any atom is -0.310 e. The van der Waals surface area contributed by atoms with E-state index in [1.54, 1.807) is 0 Å². The molecule has 0 fully saturated rings. The van der Waals surface area contributed by atoms with Crippen LogP contribution >= 0.6 is 11.3 Å². The summed E-state index contributed by atoms with van der Waals surface area (Å²) >= 11 is 1.90. The number of nitrogens with zero attached hydrogens (tertiary/aromatic N) is 1. The maximum absolute atomic E-state index is 2.53. The average molecular weight is 832 g/mol. The summed E-state index contributed by atoms with van der Waals surface area (Å²) in [5.74, 6) is 0. The van der Waals surface area contributed by atoms with Crippen LogP contribution in [0.15, 0.2) is 231 Å². The van der Waals surface area contributed by atoms with E-state index in [1.165, 1.54) is 109 Å². The molecule has 0 atom stereocenters. The summed E-state index contributed by atoms with van der Waals surface area (Å²) < 4.78 is 2.63. The van der Waals surface area contributed by atoms with Crippen molar-refractivity contribution in [1.29, 1.82) is 0 Å². The van der Waals surface area contributed by atoms with Gasteiger partial charge in [-0.25, -0.2) is 0 Å². The van der Waals surface area contributed by atoms with Crippen LogP contribution in [0.4, 0.5) is 17.1 Å². The first-order valence-corrected chi connectivity index (χ1v) is 23.0. The summed E-state index contributed by atoms with van der Waals surface area (Å²) in [6, 6.07) is 85.7. The van der Waals surface area contributed by atoms with Crippen molar-refractivity contribution in [2.45, 2.75) is 12.3 Å². The van der Waals surface area contributed by atoms with Gasteiger partial charge in [-0.1, -0.05) is 176 Å². The number of para-hydroxylation sites is 1. The molecule has 2 aliphatic rings. The third kappa shape index (κ3) is 5.43.